The third kappa shape index (κ3) is 3.77. The van der Waals surface area contributed by atoms with Crippen molar-refractivity contribution >= 4 is 15.9 Å². The summed E-state index contributed by atoms with van der Waals surface area (Å²) >= 11 is 3.08. The van der Waals surface area contributed by atoms with Gasteiger partial charge in [-0.25, -0.2) is 13.8 Å². The lowest BCUT2D eigenvalue weighted by molar-refractivity contribution is 0.444. The zero-order valence-electron chi connectivity index (χ0n) is 11.1. The van der Waals surface area contributed by atoms with Gasteiger partial charge in [0.25, 0.3) is 0 Å². The highest BCUT2D eigenvalue weighted by Crippen LogP contribution is 2.28. The van der Waals surface area contributed by atoms with Gasteiger partial charge in [0.05, 0.1) is 10.7 Å². The van der Waals surface area contributed by atoms with E-state index in [0.717, 1.165) is 19.0 Å². The Balaban J connectivity index is 1.80. The second kappa shape index (κ2) is 6.07. The molecule has 0 spiro atoms. The van der Waals surface area contributed by atoms with E-state index in [1.54, 1.807) is 12.1 Å². The van der Waals surface area contributed by atoms with Crippen molar-refractivity contribution in [3.8, 4) is 11.6 Å². The predicted octanol–water partition coefficient (Wildman–Crippen LogP) is 4.17. The molecule has 3 nitrogen and oxygen atoms in total. The van der Waals surface area contributed by atoms with Gasteiger partial charge in [0, 0.05) is 24.2 Å². The second-order valence-electron chi connectivity index (χ2n) is 4.95. The van der Waals surface area contributed by atoms with Crippen molar-refractivity contribution in [2.75, 3.05) is 0 Å². The van der Waals surface area contributed by atoms with Crippen molar-refractivity contribution in [1.82, 2.24) is 10.3 Å². The maximum Gasteiger partial charge on any atom is 0.223 e. The Morgan fingerprint density at radius 1 is 1.29 bits per heavy atom. The molecule has 1 aromatic carbocycles. The van der Waals surface area contributed by atoms with Crippen LogP contribution in [0, 0.1) is 11.6 Å². The Hall–Kier alpha value is -1.53. The minimum Gasteiger partial charge on any atom is -0.439 e. The number of hydrogen-bond acceptors (Lipinski definition) is 3. The number of nitrogens with one attached hydrogen (secondary N) is 1. The molecule has 0 amide bonds. The van der Waals surface area contributed by atoms with Crippen LogP contribution in [-0.2, 0) is 6.54 Å². The largest absolute Gasteiger partial charge is 0.439 e. The molecule has 1 N–H and O–H groups in total. The quantitative estimate of drug-likeness (QED) is 0.874. The summed E-state index contributed by atoms with van der Waals surface area (Å²) in [4.78, 5) is 3.95. The summed E-state index contributed by atoms with van der Waals surface area (Å²) in [6, 6.07) is 6.30. The molecule has 0 saturated heterocycles. The number of pyridine rings is 1. The van der Waals surface area contributed by atoms with Gasteiger partial charge < -0.3 is 10.1 Å². The molecule has 1 heterocycles. The fourth-order valence-corrected chi connectivity index (χ4v) is 2.13. The molecule has 1 aromatic heterocycles. The molecule has 110 valence electrons. The van der Waals surface area contributed by atoms with Gasteiger partial charge in [-0.2, -0.15) is 0 Å². The highest BCUT2D eigenvalue weighted by Gasteiger charge is 2.21. The van der Waals surface area contributed by atoms with Gasteiger partial charge in [-0.15, -0.1) is 0 Å². The van der Waals surface area contributed by atoms with E-state index in [9.17, 15) is 8.78 Å². The third-order valence-corrected chi connectivity index (χ3v) is 3.80. The molecule has 0 atom stereocenters. The van der Waals surface area contributed by atoms with Crippen molar-refractivity contribution in [3.05, 3.63) is 52.1 Å². The Morgan fingerprint density at radius 3 is 2.81 bits per heavy atom. The van der Waals surface area contributed by atoms with E-state index in [2.05, 4.69) is 26.2 Å². The van der Waals surface area contributed by atoms with Crippen LogP contribution in [0.25, 0.3) is 0 Å². The van der Waals surface area contributed by atoms with Gasteiger partial charge in [0.15, 0.2) is 0 Å². The molecule has 1 saturated carbocycles. The lowest BCUT2D eigenvalue weighted by atomic mass is 10.2. The minimum absolute atomic E-state index is 0.284. The first-order valence-corrected chi connectivity index (χ1v) is 7.42. The first-order chi connectivity index (χ1) is 10.1. The highest BCUT2D eigenvalue weighted by molar-refractivity contribution is 9.10. The molecule has 1 fully saturated rings. The molecule has 21 heavy (non-hydrogen) atoms. The number of rotatable bonds is 5. The molecule has 0 radical (unpaired) electrons. The topological polar surface area (TPSA) is 34.1 Å². The van der Waals surface area contributed by atoms with Crippen molar-refractivity contribution in [2.24, 2.45) is 0 Å². The number of halogens is 3. The monoisotopic (exact) mass is 354 g/mol. The number of benzene rings is 1. The second-order valence-corrected chi connectivity index (χ2v) is 5.81. The van der Waals surface area contributed by atoms with Gasteiger partial charge in [-0.3, -0.25) is 0 Å². The van der Waals surface area contributed by atoms with E-state index in [4.69, 9.17) is 4.74 Å². The average molecular weight is 355 g/mol. The van der Waals surface area contributed by atoms with E-state index < -0.39 is 11.6 Å². The number of nitrogens with zero attached hydrogens (tertiary/aromatic N) is 1. The molecular formula is C15H13BrF2N2O. The van der Waals surface area contributed by atoms with E-state index in [1.165, 1.54) is 12.1 Å². The predicted molar refractivity (Wildman–Crippen MR) is 78.2 cm³/mol. The standard InChI is InChI=1S/C15H13BrF2N2O/c16-13-4-3-12(6-14(13)18)21-15-9(5-10(17)8-20-15)7-19-11-1-2-11/h3-6,8,11,19H,1-2,7H2. The molecule has 2 aromatic rings. The normalized spacial score (nSPS) is 14.2. The highest BCUT2D eigenvalue weighted by atomic mass is 79.9. The first-order valence-electron chi connectivity index (χ1n) is 6.62. The van der Waals surface area contributed by atoms with Crippen LogP contribution in [0.1, 0.15) is 18.4 Å². The average Bonchev–Trinajstić information content (AvgIpc) is 3.27. The maximum absolute atomic E-state index is 13.5. The van der Waals surface area contributed by atoms with Gasteiger partial charge in [-0.1, -0.05) is 0 Å². The Bertz CT molecular complexity index is 662. The summed E-state index contributed by atoms with van der Waals surface area (Å²) in [7, 11) is 0. The molecule has 0 unspecified atom stereocenters. The van der Waals surface area contributed by atoms with Crippen LogP contribution in [-0.4, -0.2) is 11.0 Å². The zero-order chi connectivity index (χ0) is 14.8. The summed E-state index contributed by atoms with van der Waals surface area (Å²) in [5.74, 6) is -0.238. The van der Waals surface area contributed by atoms with Crippen LogP contribution in [0.2, 0.25) is 0 Å². The number of aromatic nitrogens is 1. The van der Waals surface area contributed by atoms with Crippen LogP contribution in [0.4, 0.5) is 8.78 Å². The molecule has 0 bridgehead atoms. The molecule has 1 aliphatic carbocycles. The van der Waals surface area contributed by atoms with Crippen LogP contribution in [0.15, 0.2) is 34.9 Å². The summed E-state index contributed by atoms with van der Waals surface area (Å²) < 4.78 is 32.8. The van der Waals surface area contributed by atoms with E-state index >= 15 is 0 Å². The summed E-state index contributed by atoms with van der Waals surface area (Å²) in [5, 5.41) is 3.28. The van der Waals surface area contributed by atoms with E-state index in [-0.39, 0.29) is 5.88 Å². The van der Waals surface area contributed by atoms with Gasteiger partial charge in [-0.05, 0) is 47.0 Å². The van der Waals surface area contributed by atoms with Crippen LogP contribution >= 0.6 is 15.9 Å². The lowest BCUT2D eigenvalue weighted by Gasteiger charge is -2.11. The van der Waals surface area contributed by atoms with Crippen molar-refractivity contribution in [1.29, 1.82) is 0 Å². The van der Waals surface area contributed by atoms with Gasteiger partial charge in [0.1, 0.15) is 17.4 Å². The van der Waals surface area contributed by atoms with Crippen molar-refractivity contribution in [3.63, 3.8) is 0 Å². The summed E-state index contributed by atoms with van der Waals surface area (Å²) in [5.41, 5.74) is 0.616. The van der Waals surface area contributed by atoms with Crippen LogP contribution < -0.4 is 10.1 Å². The minimum atomic E-state index is -0.424. The van der Waals surface area contributed by atoms with E-state index in [0.29, 0.717) is 28.4 Å². The lowest BCUT2D eigenvalue weighted by Crippen LogP contribution is -2.16. The Kier molecular flexibility index (Phi) is 4.17. The van der Waals surface area contributed by atoms with Crippen LogP contribution in [0.3, 0.4) is 0 Å². The molecule has 1 aliphatic rings. The fourth-order valence-electron chi connectivity index (χ4n) is 1.88. The molecule has 0 aliphatic heterocycles. The van der Waals surface area contributed by atoms with E-state index in [1.807, 2.05) is 0 Å². The zero-order valence-corrected chi connectivity index (χ0v) is 12.7. The molecular weight excluding hydrogens is 342 g/mol. The first kappa shape index (κ1) is 14.4. The van der Waals surface area contributed by atoms with Crippen LogP contribution in [0.5, 0.6) is 11.6 Å². The maximum atomic E-state index is 13.5. The third-order valence-electron chi connectivity index (χ3n) is 3.16. The summed E-state index contributed by atoms with van der Waals surface area (Å²) in [6.07, 6.45) is 3.36. The Labute approximate surface area is 129 Å². The SMILES string of the molecule is Fc1cnc(Oc2ccc(Br)c(F)c2)c(CNC2CC2)c1. The Morgan fingerprint density at radius 2 is 2.10 bits per heavy atom. The van der Waals surface area contributed by atoms with Gasteiger partial charge >= 0.3 is 0 Å². The smallest absolute Gasteiger partial charge is 0.223 e. The van der Waals surface area contributed by atoms with Crippen molar-refractivity contribution < 1.29 is 13.5 Å². The van der Waals surface area contributed by atoms with Gasteiger partial charge in [0.2, 0.25) is 5.88 Å². The molecule has 3 rings (SSSR count). The van der Waals surface area contributed by atoms with Crippen molar-refractivity contribution in [2.45, 2.75) is 25.4 Å². The number of hydrogen-bond donors (Lipinski definition) is 1. The number of ether oxygens (including phenoxy) is 1. The summed E-state index contributed by atoms with van der Waals surface area (Å²) in [6.45, 7) is 0.476. The fraction of sp³-hybridized carbons (Fsp3) is 0.267. The molecule has 6 heteroatoms.